The van der Waals surface area contributed by atoms with Crippen molar-refractivity contribution in [1.29, 1.82) is 0 Å². The zero-order valence-electron chi connectivity index (χ0n) is 13.7. The molecular formula is C17H18BrFN2O3S. The molecule has 0 saturated carbocycles. The summed E-state index contributed by atoms with van der Waals surface area (Å²) in [6.07, 6.45) is 0.263. The summed E-state index contributed by atoms with van der Waals surface area (Å²) in [5.74, 6) is -1.00. The van der Waals surface area contributed by atoms with E-state index in [2.05, 4.69) is 26.0 Å². The van der Waals surface area contributed by atoms with Crippen LogP contribution < -0.4 is 10.0 Å². The van der Waals surface area contributed by atoms with Gasteiger partial charge in [0.25, 0.3) is 0 Å². The third-order valence-corrected chi connectivity index (χ3v) is 5.93. The van der Waals surface area contributed by atoms with Gasteiger partial charge in [-0.2, -0.15) is 4.72 Å². The minimum absolute atomic E-state index is 0.0989. The van der Waals surface area contributed by atoms with E-state index in [-0.39, 0.29) is 11.3 Å². The van der Waals surface area contributed by atoms with E-state index in [0.29, 0.717) is 5.69 Å². The normalized spacial score (nSPS) is 12.6. The fourth-order valence-electron chi connectivity index (χ4n) is 2.09. The molecule has 0 radical (unpaired) electrons. The fraction of sp³-hybridized carbons (Fsp3) is 0.235. The standard InChI is InChI=1S/C17H18BrFN2O3S/c1-3-16(17(22)20-13-7-4-11(2)15(18)10-13)21-25(23,24)14-8-5-12(19)6-9-14/h4-10,16,21H,3H2,1-2H3,(H,20,22). The molecule has 0 saturated heterocycles. The van der Waals surface area contributed by atoms with Crippen molar-refractivity contribution in [2.75, 3.05) is 5.32 Å². The Hall–Kier alpha value is -1.77. The van der Waals surface area contributed by atoms with E-state index in [1.54, 1.807) is 19.1 Å². The molecule has 0 fully saturated rings. The SMILES string of the molecule is CCC(NS(=O)(=O)c1ccc(F)cc1)C(=O)Nc1ccc(C)c(Br)c1. The average molecular weight is 429 g/mol. The molecule has 0 bridgehead atoms. The number of anilines is 1. The van der Waals surface area contributed by atoms with Crippen molar-refractivity contribution in [2.24, 2.45) is 0 Å². The van der Waals surface area contributed by atoms with Crippen LogP contribution in [0.4, 0.5) is 10.1 Å². The molecule has 2 aromatic carbocycles. The van der Waals surface area contributed by atoms with Crippen LogP contribution in [0.3, 0.4) is 0 Å². The number of halogens is 2. The van der Waals surface area contributed by atoms with Gasteiger partial charge in [-0.3, -0.25) is 4.79 Å². The summed E-state index contributed by atoms with van der Waals surface area (Å²) in [6.45, 7) is 3.61. The second-order valence-electron chi connectivity index (χ2n) is 5.49. The highest BCUT2D eigenvalue weighted by atomic mass is 79.9. The van der Waals surface area contributed by atoms with Crippen LogP contribution in [0.5, 0.6) is 0 Å². The maximum absolute atomic E-state index is 13.0. The number of hydrogen-bond donors (Lipinski definition) is 2. The zero-order valence-corrected chi connectivity index (χ0v) is 16.1. The molecule has 0 aromatic heterocycles. The maximum atomic E-state index is 13.0. The first-order valence-electron chi connectivity index (χ1n) is 7.58. The van der Waals surface area contributed by atoms with Gasteiger partial charge in [0.15, 0.2) is 0 Å². The minimum Gasteiger partial charge on any atom is -0.325 e. The molecule has 0 aliphatic carbocycles. The quantitative estimate of drug-likeness (QED) is 0.737. The van der Waals surface area contributed by atoms with Gasteiger partial charge in [0.05, 0.1) is 4.90 Å². The number of nitrogens with one attached hydrogen (secondary N) is 2. The molecule has 5 nitrogen and oxygen atoms in total. The Balaban J connectivity index is 2.13. The Bertz CT molecular complexity index is 870. The van der Waals surface area contributed by atoms with Crippen molar-refractivity contribution in [3.8, 4) is 0 Å². The summed E-state index contributed by atoms with van der Waals surface area (Å²) >= 11 is 3.38. The summed E-state index contributed by atoms with van der Waals surface area (Å²) in [6, 6.07) is 8.78. The van der Waals surface area contributed by atoms with E-state index in [4.69, 9.17) is 0 Å². The van der Waals surface area contributed by atoms with Crippen molar-refractivity contribution < 1.29 is 17.6 Å². The first kappa shape index (κ1) is 19.6. The van der Waals surface area contributed by atoms with E-state index < -0.39 is 27.8 Å². The highest BCUT2D eigenvalue weighted by Gasteiger charge is 2.24. The van der Waals surface area contributed by atoms with Gasteiger partial charge in [-0.15, -0.1) is 0 Å². The van der Waals surface area contributed by atoms with Crippen LogP contribution in [-0.2, 0) is 14.8 Å². The van der Waals surface area contributed by atoms with Gasteiger partial charge >= 0.3 is 0 Å². The number of benzene rings is 2. The van der Waals surface area contributed by atoms with Crippen LogP contribution >= 0.6 is 15.9 Å². The Kier molecular flexibility index (Phi) is 6.31. The lowest BCUT2D eigenvalue weighted by atomic mass is 10.2. The number of rotatable bonds is 6. The van der Waals surface area contributed by atoms with Crippen LogP contribution in [0, 0.1) is 12.7 Å². The van der Waals surface area contributed by atoms with E-state index >= 15 is 0 Å². The maximum Gasteiger partial charge on any atom is 0.242 e. The van der Waals surface area contributed by atoms with Crippen LogP contribution in [-0.4, -0.2) is 20.4 Å². The molecule has 2 N–H and O–H groups in total. The van der Waals surface area contributed by atoms with Gasteiger partial charge in [-0.25, -0.2) is 12.8 Å². The van der Waals surface area contributed by atoms with Crippen LogP contribution in [0.1, 0.15) is 18.9 Å². The molecule has 1 unspecified atom stereocenters. The topological polar surface area (TPSA) is 75.3 Å². The Morgan fingerprint density at radius 2 is 1.84 bits per heavy atom. The van der Waals surface area contributed by atoms with Crippen LogP contribution in [0.2, 0.25) is 0 Å². The third kappa shape index (κ3) is 5.10. The number of aryl methyl sites for hydroxylation is 1. The smallest absolute Gasteiger partial charge is 0.242 e. The van der Waals surface area contributed by atoms with Gasteiger partial charge in [-0.05, 0) is 55.3 Å². The minimum atomic E-state index is -3.93. The number of carbonyl (C=O) groups excluding carboxylic acids is 1. The van der Waals surface area contributed by atoms with Crippen LogP contribution in [0.15, 0.2) is 51.8 Å². The highest BCUT2D eigenvalue weighted by Crippen LogP contribution is 2.21. The van der Waals surface area contributed by atoms with Crippen molar-refractivity contribution in [2.45, 2.75) is 31.2 Å². The summed E-state index contributed by atoms with van der Waals surface area (Å²) in [4.78, 5) is 12.3. The Morgan fingerprint density at radius 1 is 1.20 bits per heavy atom. The first-order valence-corrected chi connectivity index (χ1v) is 9.85. The Morgan fingerprint density at radius 3 is 2.40 bits per heavy atom. The molecule has 8 heteroatoms. The second-order valence-corrected chi connectivity index (χ2v) is 8.06. The summed E-state index contributed by atoms with van der Waals surface area (Å²) in [5.41, 5.74) is 1.57. The molecule has 2 aromatic rings. The third-order valence-electron chi connectivity index (χ3n) is 3.59. The number of amides is 1. The highest BCUT2D eigenvalue weighted by molar-refractivity contribution is 9.10. The molecule has 0 heterocycles. The van der Waals surface area contributed by atoms with E-state index in [1.165, 1.54) is 0 Å². The van der Waals surface area contributed by atoms with E-state index in [1.807, 2.05) is 13.0 Å². The van der Waals surface area contributed by atoms with Crippen molar-refractivity contribution in [1.82, 2.24) is 4.72 Å². The van der Waals surface area contributed by atoms with Crippen LogP contribution in [0.25, 0.3) is 0 Å². The van der Waals surface area contributed by atoms with E-state index in [9.17, 15) is 17.6 Å². The van der Waals surface area contributed by atoms with Gasteiger partial charge in [-0.1, -0.05) is 28.9 Å². The largest absolute Gasteiger partial charge is 0.325 e. The average Bonchev–Trinajstić information content (AvgIpc) is 2.56. The predicted molar refractivity (Wildman–Crippen MR) is 98.3 cm³/mol. The van der Waals surface area contributed by atoms with E-state index in [0.717, 1.165) is 34.3 Å². The molecule has 2 rings (SSSR count). The van der Waals surface area contributed by atoms with Gasteiger partial charge in [0.2, 0.25) is 15.9 Å². The Labute approximate surface area is 154 Å². The first-order chi connectivity index (χ1) is 11.7. The second kappa shape index (κ2) is 8.07. The monoisotopic (exact) mass is 428 g/mol. The van der Waals surface area contributed by atoms with Crippen molar-refractivity contribution in [3.63, 3.8) is 0 Å². The lowest BCUT2D eigenvalue weighted by Crippen LogP contribution is -2.43. The van der Waals surface area contributed by atoms with Gasteiger partial charge in [0, 0.05) is 10.2 Å². The van der Waals surface area contributed by atoms with Gasteiger partial charge < -0.3 is 5.32 Å². The molecule has 0 spiro atoms. The molecule has 25 heavy (non-hydrogen) atoms. The lowest BCUT2D eigenvalue weighted by Gasteiger charge is -2.17. The number of hydrogen-bond acceptors (Lipinski definition) is 3. The summed E-state index contributed by atoms with van der Waals surface area (Å²) in [5, 5.41) is 2.69. The molecule has 0 aliphatic rings. The lowest BCUT2D eigenvalue weighted by molar-refractivity contribution is -0.117. The predicted octanol–water partition coefficient (Wildman–Crippen LogP) is 3.59. The van der Waals surface area contributed by atoms with Crippen molar-refractivity contribution in [3.05, 3.63) is 58.3 Å². The van der Waals surface area contributed by atoms with Crippen molar-refractivity contribution >= 4 is 37.5 Å². The fourth-order valence-corrected chi connectivity index (χ4v) is 3.75. The summed E-state index contributed by atoms with van der Waals surface area (Å²) < 4.78 is 40.8. The summed E-state index contributed by atoms with van der Waals surface area (Å²) in [7, 11) is -3.93. The van der Waals surface area contributed by atoms with Gasteiger partial charge in [0.1, 0.15) is 11.9 Å². The molecule has 1 amide bonds. The number of sulfonamides is 1. The number of carbonyl (C=O) groups is 1. The molecule has 0 aliphatic heterocycles. The molecular weight excluding hydrogens is 411 g/mol. The molecule has 134 valence electrons. The molecule has 1 atom stereocenters. The zero-order chi connectivity index (χ0) is 18.6.